The first-order valence-electron chi connectivity index (χ1n) is 13.6. The fraction of sp³-hybridized carbons (Fsp3) is 0.345. The van der Waals surface area contributed by atoms with Crippen molar-refractivity contribution in [3.63, 3.8) is 0 Å². The zero-order chi connectivity index (χ0) is 30.6. The quantitative estimate of drug-likeness (QED) is 0.303. The standard InChI is InChI=1S/C29H31N5O8S/c1-40-24-17-23(32-28(33-24)41-2)34-43(38,39)21-12-10-20(11-13-21)30-26(36)18-6-8-19(9-7-18)31-27(37)22-16-25(35)42-29(22)14-4-3-5-15-29/h6-13,17,22H,3-5,14-16H2,1-2H3,(H,30,36)(H,31,37)(H,32,33,34). The maximum atomic E-state index is 13.1. The van der Waals surface area contributed by atoms with E-state index in [0.29, 0.717) is 29.8 Å². The molecule has 226 valence electrons. The number of anilines is 3. The topological polar surface area (TPSA) is 175 Å². The number of carbonyl (C=O) groups is 3. The average Bonchev–Trinajstić information content (AvgIpc) is 3.32. The minimum Gasteiger partial charge on any atom is -0.481 e. The third-order valence-electron chi connectivity index (χ3n) is 7.49. The van der Waals surface area contributed by atoms with Crippen LogP contribution in [-0.2, 0) is 24.3 Å². The Morgan fingerprint density at radius 1 is 0.907 bits per heavy atom. The maximum Gasteiger partial charge on any atom is 0.321 e. The number of nitrogens with zero attached hydrogens (tertiary/aromatic N) is 2. The summed E-state index contributed by atoms with van der Waals surface area (Å²) in [7, 11) is -1.30. The number of carbonyl (C=O) groups excluding carboxylic acids is 3. The van der Waals surface area contributed by atoms with Crippen LogP contribution >= 0.6 is 0 Å². The van der Waals surface area contributed by atoms with Crippen LogP contribution in [0.3, 0.4) is 0 Å². The molecule has 14 heteroatoms. The number of esters is 1. The second-order valence-electron chi connectivity index (χ2n) is 10.3. The molecule has 2 aromatic carbocycles. The molecule has 2 aliphatic rings. The third-order valence-corrected chi connectivity index (χ3v) is 8.86. The van der Waals surface area contributed by atoms with Crippen LogP contribution < -0.4 is 24.8 Å². The highest BCUT2D eigenvalue weighted by Crippen LogP contribution is 2.44. The Balaban J connectivity index is 1.19. The lowest BCUT2D eigenvalue weighted by Gasteiger charge is -2.36. The molecule has 1 unspecified atom stereocenters. The summed E-state index contributed by atoms with van der Waals surface area (Å²) in [5.41, 5.74) is 0.468. The van der Waals surface area contributed by atoms with Gasteiger partial charge >= 0.3 is 12.0 Å². The summed E-state index contributed by atoms with van der Waals surface area (Å²) in [5.74, 6) is -1.51. The van der Waals surface area contributed by atoms with Crippen LogP contribution in [-0.4, -0.2) is 56.0 Å². The number of amides is 2. The third kappa shape index (κ3) is 6.69. The molecule has 2 fully saturated rings. The number of benzene rings is 2. The van der Waals surface area contributed by atoms with Crippen LogP contribution in [0, 0.1) is 5.92 Å². The molecule has 1 spiro atoms. The van der Waals surface area contributed by atoms with Crippen molar-refractivity contribution in [3.8, 4) is 11.9 Å². The number of nitrogens with one attached hydrogen (secondary N) is 3. The zero-order valence-corrected chi connectivity index (χ0v) is 24.4. The van der Waals surface area contributed by atoms with Crippen molar-refractivity contribution in [1.29, 1.82) is 0 Å². The molecular weight excluding hydrogens is 578 g/mol. The molecule has 1 saturated heterocycles. The van der Waals surface area contributed by atoms with Crippen molar-refractivity contribution in [1.82, 2.24) is 9.97 Å². The van der Waals surface area contributed by atoms with Crippen LogP contribution in [0.5, 0.6) is 11.9 Å². The molecule has 13 nitrogen and oxygen atoms in total. The summed E-state index contributed by atoms with van der Waals surface area (Å²) in [4.78, 5) is 45.8. The van der Waals surface area contributed by atoms with Crippen molar-refractivity contribution < 1.29 is 37.0 Å². The van der Waals surface area contributed by atoms with E-state index in [1.165, 1.54) is 44.6 Å². The first-order chi connectivity index (χ1) is 20.6. The molecule has 1 aliphatic heterocycles. The summed E-state index contributed by atoms with van der Waals surface area (Å²) in [5, 5.41) is 5.57. The van der Waals surface area contributed by atoms with E-state index in [1.54, 1.807) is 24.3 Å². The largest absolute Gasteiger partial charge is 0.481 e. The summed E-state index contributed by atoms with van der Waals surface area (Å²) in [6.07, 6.45) is 4.34. The highest BCUT2D eigenvalue weighted by Gasteiger charge is 2.52. The number of sulfonamides is 1. The molecular formula is C29H31N5O8S. The van der Waals surface area contributed by atoms with E-state index in [4.69, 9.17) is 14.2 Å². The zero-order valence-electron chi connectivity index (χ0n) is 23.6. The van der Waals surface area contributed by atoms with Crippen LogP contribution in [0.2, 0.25) is 0 Å². The monoisotopic (exact) mass is 609 g/mol. The van der Waals surface area contributed by atoms with Crippen molar-refractivity contribution in [2.24, 2.45) is 5.92 Å². The fourth-order valence-corrected chi connectivity index (χ4v) is 6.32. The molecule has 1 atom stereocenters. The van der Waals surface area contributed by atoms with Gasteiger partial charge in [-0.25, -0.2) is 8.42 Å². The summed E-state index contributed by atoms with van der Waals surface area (Å²) in [6.45, 7) is 0. The van der Waals surface area contributed by atoms with Gasteiger partial charge in [-0.1, -0.05) is 6.42 Å². The van der Waals surface area contributed by atoms with Gasteiger partial charge in [-0.15, -0.1) is 0 Å². The van der Waals surface area contributed by atoms with Gasteiger partial charge in [0.1, 0.15) is 5.60 Å². The van der Waals surface area contributed by atoms with Gasteiger partial charge in [0.2, 0.25) is 11.8 Å². The normalized spacial score (nSPS) is 17.5. The maximum absolute atomic E-state index is 13.1. The van der Waals surface area contributed by atoms with E-state index in [1.807, 2.05) is 0 Å². The molecule has 43 heavy (non-hydrogen) atoms. The molecule has 2 amide bonds. The van der Waals surface area contributed by atoms with Crippen LogP contribution in [0.15, 0.2) is 59.5 Å². The Morgan fingerprint density at radius 3 is 2.21 bits per heavy atom. The van der Waals surface area contributed by atoms with Crippen LogP contribution in [0.1, 0.15) is 48.9 Å². The lowest BCUT2D eigenvalue weighted by molar-refractivity contribution is -0.153. The number of aromatic nitrogens is 2. The predicted octanol–water partition coefficient (Wildman–Crippen LogP) is 3.75. The lowest BCUT2D eigenvalue weighted by atomic mass is 9.75. The van der Waals surface area contributed by atoms with Gasteiger partial charge in [0.25, 0.3) is 15.9 Å². The number of methoxy groups -OCH3 is 2. The van der Waals surface area contributed by atoms with Crippen LogP contribution in [0.25, 0.3) is 0 Å². The van der Waals surface area contributed by atoms with Gasteiger partial charge in [0, 0.05) is 23.0 Å². The SMILES string of the molecule is COc1cc(NS(=O)(=O)c2ccc(NC(=O)c3ccc(NC(=O)C4CC(=O)OC45CCCCC5)cc3)cc2)nc(OC)n1. The van der Waals surface area contributed by atoms with Crippen molar-refractivity contribution in [2.75, 3.05) is 29.6 Å². The molecule has 3 aromatic rings. The summed E-state index contributed by atoms with van der Waals surface area (Å²) in [6, 6.07) is 13.2. The highest BCUT2D eigenvalue weighted by molar-refractivity contribution is 7.92. The second kappa shape index (κ2) is 12.3. The Kier molecular flexibility index (Phi) is 8.48. The molecule has 1 saturated carbocycles. The van der Waals surface area contributed by atoms with Gasteiger partial charge in [0.05, 0.1) is 31.5 Å². The van der Waals surface area contributed by atoms with Gasteiger partial charge in [-0.3, -0.25) is 19.1 Å². The molecule has 3 N–H and O–H groups in total. The first-order valence-corrected chi connectivity index (χ1v) is 15.1. The second-order valence-corrected chi connectivity index (χ2v) is 12.0. The minimum absolute atomic E-state index is 0.0423. The van der Waals surface area contributed by atoms with Gasteiger partial charge in [-0.05, 0) is 74.2 Å². The first kappa shape index (κ1) is 29.8. The summed E-state index contributed by atoms with van der Waals surface area (Å²) >= 11 is 0. The molecule has 0 radical (unpaired) electrons. The van der Waals surface area contributed by atoms with Gasteiger partial charge in [0.15, 0.2) is 5.82 Å². The van der Waals surface area contributed by atoms with E-state index in [0.717, 1.165) is 19.3 Å². The molecule has 1 aromatic heterocycles. The smallest absolute Gasteiger partial charge is 0.321 e. The number of hydrogen-bond acceptors (Lipinski definition) is 10. The van der Waals surface area contributed by atoms with Crippen molar-refractivity contribution >= 4 is 45.0 Å². The van der Waals surface area contributed by atoms with Crippen molar-refractivity contribution in [3.05, 3.63) is 60.2 Å². The number of rotatable bonds is 9. The Morgan fingerprint density at radius 2 is 1.56 bits per heavy atom. The van der Waals surface area contributed by atoms with E-state index < -0.39 is 27.4 Å². The Hall–Kier alpha value is -4.72. The molecule has 0 bridgehead atoms. The number of hydrogen-bond donors (Lipinski definition) is 3. The minimum atomic E-state index is -4.02. The molecule has 5 rings (SSSR count). The Bertz CT molecular complexity index is 1600. The van der Waals surface area contributed by atoms with E-state index in [-0.39, 0.29) is 40.9 Å². The van der Waals surface area contributed by atoms with E-state index in [9.17, 15) is 22.8 Å². The van der Waals surface area contributed by atoms with Crippen molar-refractivity contribution in [2.45, 2.75) is 49.0 Å². The van der Waals surface area contributed by atoms with Gasteiger partial charge in [-0.2, -0.15) is 9.97 Å². The van der Waals surface area contributed by atoms with E-state index >= 15 is 0 Å². The molecule has 1 aliphatic carbocycles. The lowest BCUT2D eigenvalue weighted by Crippen LogP contribution is -2.43. The summed E-state index contributed by atoms with van der Waals surface area (Å²) < 4.78 is 43.7. The fourth-order valence-electron chi connectivity index (χ4n) is 5.33. The Labute approximate surface area is 248 Å². The van der Waals surface area contributed by atoms with Gasteiger partial charge < -0.3 is 24.8 Å². The average molecular weight is 610 g/mol. The molecule has 2 heterocycles. The number of ether oxygens (including phenoxy) is 3. The predicted molar refractivity (Wildman–Crippen MR) is 155 cm³/mol. The highest BCUT2D eigenvalue weighted by atomic mass is 32.2. The van der Waals surface area contributed by atoms with Crippen LogP contribution in [0.4, 0.5) is 17.2 Å². The van der Waals surface area contributed by atoms with E-state index in [2.05, 4.69) is 25.3 Å².